The van der Waals surface area contributed by atoms with Gasteiger partial charge >= 0.3 is 12.2 Å². The summed E-state index contributed by atoms with van der Waals surface area (Å²) in [4.78, 5) is 50.9. The van der Waals surface area contributed by atoms with Crippen LogP contribution in [0.2, 0.25) is 0 Å². The van der Waals surface area contributed by atoms with Gasteiger partial charge in [0.25, 0.3) is 5.91 Å². The molecule has 4 aliphatic rings. The number of aromatic nitrogens is 1. The van der Waals surface area contributed by atoms with Gasteiger partial charge in [0, 0.05) is 63.3 Å². The van der Waals surface area contributed by atoms with Crippen LogP contribution in [0, 0.1) is 11.3 Å². The number of hydrogen-bond donors (Lipinski definition) is 1. The quantitative estimate of drug-likeness (QED) is 0.221. The first-order valence-corrected chi connectivity index (χ1v) is 19.6. The predicted molar refractivity (Wildman–Crippen MR) is 206 cm³/mol. The maximum atomic E-state index is 13.7. The first-order valence-electron chi connectivity index (χ1n) is 19.2. The van der Waals surface area contributed by atoms with Crippen LogP contribution in [0.25, 0.3) is 0 Å². The highest BCUT2D eigenvalue weighted by atomic mass is 32.1. The Morgan fingerprint density at radius 1 is 1.00 bits per heavy atom. The third-order valence-corrected chi connectivity index (χ3v) is 11.6. The molecule has 0 unspecified atom stereocenters. The van der Waals surface area contributed by atoms with Crippen LogP contribution in [0.5, 0.6) is 5.88 Å². The number of nitrogens with zero attached hydrogens (tertiary/aromatic N) is 7. The number of anilines is 2. The number of nitrogens with one attached hydrogen (secondary N) is 1. The maximum Gasteiger partial charge on any atom is 0.417 e. The van der Waals surface area contributed by atoms with E-state index in [2.05, 4.69) is 33.9 Å². The number of rotatable bonds is 12. The summed E-state index contributed by atoms with van der Waals surface area (Å²) in [5.41, 5.74) is -2.04. The molecule has 0 radical (unpaired) electrons. The fourth-order valence-corrected chi connectivity index (χ4v) is 8.98. The highest BCUT2D eigenvalue weighted by molar-refractivity contribution is 7.80. The molecule has 2 aromatic rings. The number of hydrogen-bond acceptors (Lipinski definition) is 10. The molecule has 2 atom stereocenters. The minimum absolute atomic E-state index is 0.00132. The lowest BCUT2D eigenvalue weighted by atomic mass is 9.89. The molecule has 3 aliphatic heterocycles. The summed E-state index contributed by atoms with van der Waals surface area (Å²) in [6.07, 6.45) is 1.00. The summed E-state index contributed by atoms with van der Waals surface area (Å²) in [6, 6.07) is 8.53. The van der Waals surface area contributed by atoms with E-state index in [-0.39, 0.29) is 35.3 Å². The number of amides is 4. The molecule has 1 aromatic heterocycles. The van der Waals surface area contributed by atoms with Crippen molar-refractivity contribution in [3.05, 3.63) is 47.7 Å². The van der Waals surface area contributed by atoms with E-state index in [9.17, 15) is 32.8 Å². The van der Waals surface area contributed by atoms with Gasteiger partial charge in [-0.05, 0) is 96.3 Å². The van der Waals surface area contributed by atoms with E-state index in [4.69, 9.17) is 21.7 Å². The normalized spacial score (nSPS) is 25.1. The topological polar surface area (TPSA) is 135 Å². The molecule has 3 saturated heterocycles. The van der Waals surface area contributed by atoms with Crippen LogP contribution in [0.3, 0.4) is 0 Å². The minimum Gasteiger partial charge on any atom is -0.478 e. The van der Waals surface area contributed by atoms with Crippen molar-refractivity contribution in [3.63, 3.8) is 0 Å². The predicted octanol–water partition coefficient (Wildman–Crippen LogP) is 5.32. The zero-order valence-corrected chi connectivity index (χ0v) is 33.0. The average molecular weight is 799 g/mol. The van der Waals surface area contributed by atoms with Gasteiger partial charge in [-0.1, -0.05) is 0 Å². The Balaban J connectivity index is 0.909. The van der Waals surface area contributed by atoms with Crippen LogP contribution in [0.15, 0.2) is 36.5 Å². The standard InChI is InChI=1S/C39H49F3N8O5S/c1-25-23-46(24-26(2)47(25)15-5-18-55-34-13-10-30(22-44-34)48-16-14-33(51)45-36(48)53)17-19-54-31-11-8-28(9-12-31)50-37(56)49(35(52)38(50,3)4)29-7-6-27(21-43)32(20-29)39(40,41)42/h6-7,10,13,20,22,25-26,28,31H,5,8-9,11-12,14-19,23-24H2,1-4H3,(H,45,51,53)/t25-,26+,28?,31?. The second kappa shape index (κ2) is 17.0. The van der Waals surface area contributed by atoms with Crippen molar-refractivity contribution in [1.29, 1.82) is 5.26 Å². The van der Waals surface area contributed by atoms with Gasteiger partial charge in [-0.3, -0.25) is 34.5 Å². The number of urea groups is 1. The summed E-state index contributed by atoms with van der Waals surface area (Å²) in [6.45, 7) is 13.0. The molecule has 302 valence electrons. The number of nitriles is 1. The Hall–Kier alpha value is -4.37. The first-order chi connectivity index (χ1) is 26.6. The molecule has 13 nitrogen and oxygen atoms in total. The molecule has 1 aliphatic carbocycles. The summed E-state index contributed by atoms with van der Waals surface area (Å²) in [5.74, 6) is -0.197. The number of imide groups is 1. The lowest BCUT2D eigenvalue weighted by molar-refractivity contribution is -0.137. The van der Waals surface area contributed by atoms with Crippen molar-refractivity contribution in [3.8, 4) is 11.9 Å². The number of alkyl halides is 3. The van der Waals surface area contributed by atoms with Gasteiger partial charge in [-0.25, -0.2) is 9.78 Å². The molecule has 0 bridgehead atoms. The van der Waals surface area contributed by atoms with Crippen molar-refractivity contribution in [2.24, 2.45) is 0 Å². The van der Waals surface area contributed by atoms with E-state index < -0.39 is 34.8 Å². The van der Waals surface area contributed by atoms with Gasteiger partial charge in [0.1, 0.15) is 5.54 Å². The Bertz CT molecular complexity index is 1820. The Morgan fingerprint density at radius 3 is 2.32 bits per heavy atom. The number of thiocarbonyl (C=S) groups is 1. The summed E-state index contributed by atoms with van der Waals surface area (Å²) < 4.78 is 53.4. The second-order valence-corrected chi connectivity index (χ2v) is 15.9. The molecule has 56 heavy (non-hydrogen) atoms. The van der Waals surface area contributed by atoms with Crippen molar-refractivity contribution in [2.75, 3.05) is 55.7 Å². The lowest BCUT2D eigenvalue weighted by Crippen LogP contribution is -2.57. The number of carbonyl (C=O) groups excluding carboxylic acids is 3. The highest BCUT2D eigenvalue weighted by Crippen LogP contribution is 2.40. The summed E-state index contributed by atoms with van der Waals surface area (Å²) in [7, 11) is 0. The Kier molecular flexibility index (Phi) is 12.5. The highest BCUT2D eigenvalue weighted by Gasteiger charge is 2.52. The summed E-state index contributed by atoms with van der Waals surface area (Å²) in [5, 5.41) is 11.7. The monoisotopic (exact) mass is 798 g/mol. The molecule has 1 saturated carbocycles. The number of ether oxygens (including phenoxy) is 2. The van der Waals surface area contributed by atoms with Gasteiger partial charge < -0.3 is 14.4 Å². The third-order valence-electron chi connectivity index (χ3n) is 11.3. The number of halogens is 3. The second-order valence-electron chi connectivity index (χ2n) is 15.5. The van der Waals surface area contributed by atoms with Crippen molar-refractivity contribution in [2.45, 2.75) is 102 Å². The van der Waals surface area contributed by atoms with Crippen LogP contribution >= 0.6 is 12.2 Å². The van der Waals surface area contributed by atoms with Crippen LogP contribution in [-0.2, 0) is 20.5 Å². The average Bonchev–Trinajstić information content (AvgIpc) is 3.33. The van der Waals surface area contributed by atoms with E-state index in [0.717, 1.165) is 70.4 Å². The van der Waals surface area contributed by atoms with E-state index >= 15 is 0 Å². The Morgan fingerprint density at radius 2 is 1.70 bits per heavy atom. The molecule has 1 N–H and O–H groups in total. The molecule has 6 rings (SSSR count). The van der Waals surface area contributed by atoms with Crippen LogP contribution < -0.4 is 19.9 Å². The van der Waals surface area contributed by atoms with Gasteiger partial charge in [0.05, 0.1) is 54.1 Å². The minimum atomic E-state index is -4.75. The zero-order valence-electron chi connectivity index (χ0n) is 32.2. The van der Waals surface area contributed by atoms with Gasteiger partial charge in [-0.15, -0.1) is 0 Å². The first kappa shape index (κ1) is 41.3. The van der Waals surface area contributed by atoms with E-state index in [1.54, 1.807) is 38.2 Å². The van der Waals surface area contributed by atoms with Crippen LogP contribution in [-0.4, -0.2) is 118 Å². The van der Waals surface area contributed by atoms with E-state index in [1.807, 2.05) is 4.90 Å². The molecule has 4 fully saturated rings. The van der Waals surface area contributed by atoms with Crippen molar-refractivity contribution in [1.82, 2.24) is 25.0 Å². The summed E-state index contributed by atoms with van der Waals surface area (Å²) >= 11 is 5.74. The van der Waals surface area contributed by atoms with E-state index in [1.165, 1.54) is 15.9 Å². The zero-order chi connectivity index (χ0) is 40.4. The number of carbonyl (C=O) groups is 3. The van der Waals surface area contributed by atoms with Gasteiger partial charge in [0.2, 0.25) is 11.8 Å². The van der Waals surface area contributed by atoms with Gasteiger partial charge in [0.15, 0.2) is 5.11 Å². The molecule has 17 heteroatoms. The molecular weight excluding hydrogens is 750 g/mol. The third kappa shape index (κ3) is 8.93. The van der Waals surface area contributed by atoms with Crippen molar-refractivity contribution >= 4 is 46.6 Å². The fraction of sp³-hybridized carbons (Fsp3) is 0.590. The van der Waals surface area contributed by atoms with Gasteiger partial charge in [-0.2, -0.15) is 18.4 Å². The molecule has 4 amide bonds. The molecule has 0 spiro atoms. The lowest BCUT2D eigenvalue weighted by Gasteiger charge is -2.44. The number of benzene rings is 1. The smallest absolute Gasteiger partial charge is 0.417 e. The van der Waals surface area contributed by atoms with E-state index in [0.29, 0.717) is 43.4 Å². The maximum absolute atomic E-state index is 13.7. The number of pyridine rings is 1. The molecular formula is C39H49F3N8O5S. The largest absolute Gasteiger partial charge is 0.478 e. The fourth-order valence-electron chi connectivity index (χ4n) is 8.41. The molecule has 1 aromatic carbocycles. The van der Waals surface area contributed by atoms with Crippen LogP contribution in [0.4, 0.5) is 29.3 Å². The Labute approximate surface area is 330 Å². The SMILES string of the molecule is C[C@@H]1CN(CCOC2CCC(N3C(=S)N(c4ccc(C#N)c(C(F)(F)F)c4)C(=O)C3(C)C)CC2)C[C@H](C)N1CCCOc1ccc(N2CCC(=O)NC2=O)cn1. The number of piperazine rings is 1. The van der Waals surface area contributed by atoms with Crippen LogP contribution in [0.1, 0.15) is 77.3 Å². The molecule has 4 heterocycles. The van der Waals surface area contributed by atoms with Crippen molar-refractivity contribution < 1.29 is 37.0 Å².